The summed E-state index contributed by atoms with van der Waals surface area (Å²) in [5, 5.41) is 10.6. The van der Waals surface area contributed by atoms with Gasteiger partial charge in [0.15, 0.2) is 0 Å². The average molecular weight is 657 g/mol. The molecule has 0 nitrogen and oxygen atoms in total. The van der Waals surface area contributed by atoms with Gasteiger partial charge in [0.05, 0.1) is 0 Å². The number of thiophene rings is 4. The van der Waals surface area contributed by atoms with Gasteiger partial charge in [0.25, 0.3) is 0 Å². The van der Waals surface area contributed by atoms with Crippen LogP contribution in [-0.2, 0) is 0 Å². The van der Waals surface area contributed by atoms with Crippen molar-refractivity contribution in [3.05, 3.63) is 143 Å². The van der Waals surface area contributed by atoms with Crippen LogP contribution in [0.1, 0.15) is 9.75 Å². The van der Waals surface area contributed by atoms with Gasteiger partial charge in [-0.15, -0.1) is 45.3 Å². The van der Waals surface area contributed by atoms with Gasteiger partial charge >= 0.3 is 0 Å². The van der Waals surface area contributed by atoms with Crippen LogP contribution in [0.5, 0.6) is 0 Å². The van der Waals surface area contributed by atoms with Crippen molar-refractivity contribution in [2.45, 2.75) is 0 Å². The summed E-state index contributed by atoms with van der Waals surface area (Å²) in [5.74, 6) is 0. The van der Waals surface area contributed by atoms with Crippen LogP contribution < -0.4 is 0 Å². The van der Waals surface area contributed by atoms with Gasteiger partial charge in [-0.3, -0.25) is 0 Å². The summed E-state index contributed by atoms with van der Waals surface area (Å²) in [6.07, 6.45) is 4.59. The van der Waals surface area contributed by atoms with E-state index in [-0.39, 0.29) is 0 Å². The lowest BCUT2D eigenvalue weighted by Crippen LogP contribution is -1.74. The monoisotopic (exact) mass is 656 g/mol. The lowest BCUT2D eigenvalue weighted by molar-refractivity contribution is 1.74. The Labute approximate surface area is 281 Å². The molecule has 6 aromatic carbocycles. The highest BCUT2D eigenvalue weighted by atomic mass is 32.1. The SMILES string of the molecule is C(=C\c1cc2c(ccc3sc(-c4ccc5ccccc5c4)cc32)s1)/c1cc2c(ccc3sc(-c4ccc5ccccc5c4)cc32)s1. The molecule has 0 aliphatic carbocycles. The van der Waals surface area contributed by atoms with Gasteiger partial charge in [-0.2, -0.15) is 0 Å². The summed E-state index contributed by atoms with van der Waals surface area (Å²) in [5.41, 5.74) is 2.58. The van der Waals surface area contributed by atoms with Crippen molar-refractivity contribution in [2.75, 3.05) is 0 Å². The molecule has 0 unspecified atom stereocenters. The molecule has 10 rings (SSSR count). The van der Waals surface area contributed by atoms with E-state index in [9.17, 15) is 0 Å². The molecule has 0 bridgehead atoms. The molecule has 0 N–H and O–H groups in total. The zero-order valence-corrected chi connectivity index (χ0v) is 27.8. The van der Waals surface area contributed by atoms with Crippen LogP contribution in [-0.4, -0.2) is 0 Å². The fraction of sp³-hybridized carbons (Fsp3) is 0. The van der Waals surface area contributed by atoms with E-state index < -0.39 is 0 Å². The fourth-order valence-corrected chi connectivity index (χ4v) is 10.7. The Morgan fingerprint density at radius 2 is 0.717 bits per heavy atom. The van der Waals surface area contributed by atoms with Crippen molar-refractivity contribution in [1.82, 2.24) is 0 Å². The highest BCUT2D eigenvalue weighted by Gasteiger charge is 2.12. The average Bonchev–Trinajstić information content (AvgIpc) is 3.90. The third-order valence-electron chi connectivity index (χ3n) is 8.91. The van der Waals surface area contributed by atoms with E-state index in [1.807, 2.05) is 45.3 Å². The van der Waals surface area contributed by atoms with E-state index in [1.165, 1.54) is 92.5 Å². The molecule has 4 heteroatoms. The van der Waals surface area contributed by atoms with Crippen LogP contribution in [0, 0.1) is 0 Å². The molecule has 0 spiro atoms. The minimum absolute atomic E-state index is 1.29. The second-order valence-electron chi connectivity index (χ2n) is 11.8. The maximum Gasteiger partial charge on any atom is 0.0356 e. The number of hydrogen-bond donors (Lipinski definition) is 0. The minimum atomic E-state index is 1.29. The van der Waals surface area contributed by atoms with Gasteiger partial charge < -0.3 is 0 Å². The van der Waals surface area contributed by atoms with Gasteiger partial charge in [-0.1, -0.05) is 72.8 Å². The van der Waals surface area contributed by atoms with E-state index in [4.69, 9.17) is 0 Å². The summed E-state index contributed by atoms with van der Waals surface area (Å²) < 4.78 is 5.37. The predicted octanol–water partition coefficient (Wildman–Crippen LogP) is 14.4. The maximum absolute atomic E-state index is 2.39. The fourth-order valence-electron chi connectivity index (χ4n) is 6.60. The lowest BCUT2D eigenvalue weighted by Gasteiger charge is -2.01. The summed E-state index contributed by atoms with van der Waals surface area (Å²) in [4.78, 5) is 5.23. The first-order valence-electron chi connectivity index (χ1n) is 15.3. The Hall–Kier alpha value is -4.58. The number of benzene rings is 6. The van der Waals surface area contributed by atoms with E-state index in [0.29, 0.717) is 0 Å². The normalized spacial score (nSPS) is 12.3. The zero-order valence-electron chi connectivity index (χ0n) is 24.5. The predicted molar refractivity (Wildman–Crippen MR) is 209 cm³/mol. The van der Waals surface area contributed by atoms with Crippen molar-refractivity contribution in [2.24, 2.45) is 0 Å². The highest BCUT2D eigenvalue weighted by Crippen LogP contribution is 2.43. The molecule has 0 amide bonds. The van der Waals surface area contributed by atoms with Crippen LogP contribution in [0.25, 0.3) is 94.9 Å². The van der Waals surface area contributed by atoms with Crippen molar-refractivity contribution in [3.63, 3.8) is 0 Å². The van der Waals surface area contributed by atoms with Crippen LogP contribution in [0.3, 0.4) is 0 Å². The van der Waals surface area contributed by atoms with E-state index in [0.717, 1.165) is 0 Å². The quantitative estimate of drug-likeness (QED) is 0.177. The Bertz CT molecular complexity index is 2620. The second-order valence-corrected chi connectivity index (χ2v) is 16.2. The van der Waals surface area contributed by atoms with Crippen LogP contribution in [0.2, 0.25) is 0 Å². The molecule has 0 aliphatic heterocycles. The first-order chi connectivity index (χ1) is 22.7. The molecule has 0 aliphatic rings. The first-order valence-corrected chi connectivity index (χ1v) is 18.6. The minimum Gasteiger partial charge on any atom is -0.136 e. The van der Waals surface area contributed by atoms with Gasteiger partial charge in [0.1, 0.15) is 0 Å². The molecular weight excluding hydrogens is 633 g/mol. The molecule has 4 aromatic heterocycles. The topological polar surface area (TPSA) is 0 Å². The molecular formula is C42H24S4. The molecule has 0 saturated carbocycles. The molecule has 0 fully saturated rings. The molecule has 0 radical (unpaired) electrons. The van der Waals surface area contributed by atoms with Gasteiger partial charge in [0, 0.05) is 59.9 Å². The number of rotatable bonds is 4. The van der Waals surface area contributed by atoms with E-state index in [1.54, 1.807) is 0 Å². The van der Waals surface area contributed by atoms with Gasteiger partial charge in [-0.25, -0.2) is 0 Å². The summed E-state index contributed by atoms with van der Waals surface area (Å²) in [7, 11) is 0. The van der Waals surface area contributed by atoms with Gasteiger partial charge in [0.2, 0.25) is 0 Å². The van der Waals surface area contributed by atoms with Crippen molar-refractivity contribution in [1.29, 1.82) is 0 Å². The standard InChI is InChI=1S/C42H24S4/c1-3-7-27-19-29(11-9-25(27)5-1)41-23-35-33-21-31(43-37(33)15-17-39(35)45-41)13-14-32-22-34-36-24-42(46-40(36)18-16-38(34)44-32)30-12-10-26-6-2-4-8-28(26)20-30/h1-24H/b14-13+. The van der Waals surface area contributed by atoms with Crippen molar-refractivity contribution < 1.29 is 0 Å². The van der Waals surface area contributed by atoms with Crippen LogP contribution >= 0.6 is 45.3 Å². The Kier molecular flexibility index (Phi) is 6.06. The molecule has 4 heterocycles. The van der Waals surface area contributed by atoms with Crippen molar-refractivity contribution >= 4 is 119 Å². The molecule has 0 saturated heterocycles. The van der Waals surface area contributed by atoms with E-state index in [2.05, 4.69) is 146 Å². The third kappa shape index (κ3) is 4.44. The largest absolute Gasteiger partial charge is 0.136 e. The maximum atomic E-state index is 2.39. The lowest BCUT2D eigenvalue weighted by atomic mass is 10.1. The molecule has 216 valence electrons. The number of hydrogen-bond acceptors (Lipinski definition) is 4. The summed E-state index contributed by atoms with van der Waals surface area (Å²) >= 11 is 7.52. The summed E-state index contributed by atoms with van der Waals surface area (Å²) in [6, 6.07) is 49.5. The molecule has 10 aromatic rings. The second kappa shape index (κ2) is 10.5. The van der Waals surface area contributed by atoms with Crippen LogP contribution in [0.15, 0.2) is 133 Å². The van der Waals surface area contributed by atoms with Gasteiger partial charge in [-0.05, 0) is 105 Å². The van der Waals surface area contributed by atoms with Crippen molar-refractivity contribution in [3.8, 4) is 20.9 Å². The molecule has 46 heavy (non-hydrogen) atoms. The number of fused-ring (bicyclic) bond motifs is 8. The molecule has 0 atom stereocenters. The first kappa shape index (κ1) is 26.6. The van der Waals surface area contributed by atoms with E-state index >= 15 is 0 Å². The highest BCUT2D eigenvalue weighted by molar-refractivity contribution is 7.24. The third-order valence-corrected chi connectivity index (χ3v) is 13.3. The zero-order chi connectivity index (χ0) is 30.2. The Balaban J connectivity index is 0.981. The van der Waals surface area contributed by atoms with Crippen LogP contribution in [0.4, 0.5) is 0 Å². The Morgan fingerprint density at radius 3 is 1.17 bits per heavy atom. The summed E-state index contributed by atoms with van der Waals surface area (Å²) in [6.45, 7) is 0. The Morgan fingerprint density at radius 1 is 0.326 bits per heavy atom. The smallest absolute Gasteiger partial charge is 0.0356 e.